The molecular formula is C15H12F3N3. The Labute approximate surface area is 119 Å². The Balaban J connectivity index is 2.37. The number of nitrogens with zero attached hydrogens (tertiary/aromatic N) is 3. The molecule has 0 bridgehead atoms. The smallest absolute Gasteiger partial charge is 0.343 e. The van der Waals surface area contributed by atoms with Crippen LogP contribution in [-0.2, 0) is 19.1 Å². The third kappa shape index (κ3) is 2.19. The minimum absolute atomic E-state index is 0.0712. The second-order valence-electron chi connectivity index (χ2n) is 5.01. The lowest BCUT2D eigenvalue weighted by molar-refractivity contribution is -0.137. The van der Waals surface area contributed by atoms with Crippen molar-refractivity contribution in [2.24, 2.45) is 0 Å². The van der Waals surface area contributed by atoms with Crippen LogP contribution in [-0.4, -0.2) is 9.55 Å². The maximum Gasteiger partial charge on any atom is 0.419 e. The van der Waals surface area contributed by atoms with Crippen LogP contribution >= 0.6 is 0 Å². The van der Waals surface area contributed by atoms with Crippen LogP contribution in [0.5, 0.6) is 0 Å². The van der Waals surface area contributed by atoms with Gasteiger partial charge in [-0.2, -0.15) is 18.4 Å². The summed E-state index contributed by atoms with van der Waals surface area (Å²) in [5, 5.41) is 9.22. The van der Waals surface area contributed by atoms with E-state index in [-0.39, 0.29) is 11.3 Å². The minimum Gasteiger partial charge on any atom is -0.343 e. The molecule has 0 unspecified atom stereocenters. The van der Waals surface area contributed by atoms with Crippen molar-refractivity contribution in [3.63, 3.8) is 0 Å². The van der Waals surface area contributed by atoms with Gasteiger partial charge in [-0.1, -0.05) is 0 Å². The van der Waals surface area contributed by atoms with Gasteiger partial charge in [-0.3, -0.25) is 4.98 Å². The van der Waals surface area contributed by atoms with Crippen LogP contribution in [0.25, 0.3) is 11.3 Å². The molecule has 108 valence electrons. The Morgan fingerprint density at radius 2 is 2.10 bits per heavy atom. The molecule has 0 saturated carbocycles. The molecule has 0 aliphatic carbocycles. The fourth-order valence-electron chi connectivity index (χ4n) is 2.94. The molecule has 1 aliphatic rings. The topological polar surface area (TPSA) is 41.6 Å². The van der Waals surface area contributed by atoms with Crippen molar-refractivity contribution < 1.29 is 13.2 Å². The third-order valence-corrected chi connectivity index (χ3v) is 3.75. The van der Waals surface area contributed by atoms with Crippen LogP contribution in [0, 0.1) is 11.3 Å². The van der Waals surface area contributed by atoms with Gasteiger partial charge in [0.25, 0.3) is 0 Å². The van der Waals surface area contributed by atoms with Crippen LogP contribution in [0.1, 0.15) is 29.7 Å². The summed E-state index contributed by atoms with van der Waals surface area (Å²) in [5.41, 5.74) is -0.0952. The van der Waals surface area contributed by atoms with Crippen LogP contribution < -0.4 is 0 Å². The lowest BCUT2D eigenvalue weighted by Crippen LogP contribution is -2.12. The number of alkyl halides is 3. The highest BCUT2D eigenvalue weighted by Gasteiger charge is 2.41. The number of hydrogen-bond acceptors (Lipinski definition) is 2. The number of hydrogen-bond donors (Lipinski definition) is 0. The summed E-state index contributed by atoms with van der Waals surface area (Å²) in [6.07, 6.45) is 0.502. The fourth-order valence-corrected chi connectivity index (χ4v) is 2.94. The minimum atomic E-state index is -4.55. The average Bonchev–Trinajstić information content (AvgIpc) is 2.82. The maximum atomic E-state index is 13.5. The number of halogens is 3. The van der Waals surface area contributed by atoms with Gasteiger partial charge in [-0.05, 0) is 31.4 Å². The normalized spacial score (nSPS) is 14.6. The van der Waals surface area contributed by atoms with E-state index < -0.39 is 11.7 Å². The number of nitriles is 1. The molecule has 0 N–H and O–H groups in total. The van der Waals surface area contributed by atoms with E-state index in [0.717, 1.165) is 12.8 Å². The zero-order valence-corrected chi connectivity index (χ0v) is 11.1. The number of aromatic nitrogens is 2. The standard InChI is InChI=1S/C15H12F3N3/c16-15(17,18)13-11(8-19)12-5-1-2-7-21(12)14(13)10-4-3-6-20-9-10/h3-4,6,9H,1-2,5,7H2. The van der Waals surface area contributed by atoms with Crippen LogP contribution in [0.15, 0.2) is 24.5 Å². The maximum absolute atomic E-state index is 13.5. The molecule has 0 aromatic carbocycles. The van der Waals surface area contributed by atoms with Gasteiger partial charge >= 0.3 is 6.18 Å². The Kier molecular flexibility index (Phi) is 3.20. The van der Waals surface area contributed by atoms with Gasteiger partial charge in [0.1, 0.15) is 6.07 Å². The quantitative estimate of drug-likeness (QED) is 0.802. The van der Waals surface area contributed by atoms with Crippen LogP contribution in [0.2, 0.25) is 0 Å². The van der Waals surface area contributed by atoms with Gasteiger partial charge in [0.2, 0.25) is 0 Å². The van der Waals surface area contributed by atoms with Crippen LogP contribution in [0.4, 0.5) is 13.2 Å². The molecule has 3 heterocycles. The summed E-state index contributed by atoms with van der Waals surface area (Å²) in [5.74, 6) is 0. The Hall–Kier alpha value is -2.29. The first-order chi connectivity index (χ1) is 10.0. The number of pyridine rings is 1. The van der Waals surface area contributed by atoms with Crippen molar-refractivity contribution in [1.29, 1.82) is 5.26 Å². The Morgan fingerprint density at radius 1 is 1.29 bits per heavy atom. The molecule has 2 aromatic rings. The summed E-state index contributed by atoms with van der Waals surface area (Å²) in [4.78, 5) is 3.90. The summed E-state index contributed by atoms with van der Waals surface area (Å²) >= 11 is 0. The summed E-state index contributed by atoms with van der Waals surface area (Å²) in [7, 11) is 0. The van der Waals surface area contributed by atoms with E-state index in [9.17, 15) is 18.4 Å². The highest BCUT2D eigenvalue weighted by Crippen LogP contribution is 2.43. The Bertz CT molecular complexity index is 708. The highest BCUT2D eigenvalue weighted by molar-refractivity contribution is 5.70. The number of fused-ring (bicyclic) bond motifs is 1. The summed E-state index contributed by atoms with van der Waals surface area (Å²) in [6, 6.07) is 4.96. The molecule has 0 spiro atoms. The van der Waals surface area contributed by atoms with Gasteiger partial charge in [-0.15, -0.1) is 0 Å². The first kappa shape index (κ1) is 13.7. The van der Waals surface area contributed by atoms with Crippen LogP contribution in [0.3, 0.4) is 0 Å². The van der Waals surface area contributed by atoms with Crippen molar-refractivity contribution in [3.8, 4) is 17.3 Å². The van der Waals surface area contributed by atoms with Gasteiger partial charge in [0, 0.05) is 30.2 Å². The second kappa shape index (κ2) is 4.92. The first-order valence-electron chi connectivity index (χ1n) is 6.67. The molecule has 1 aliphatic heterocycles. The molecule has 21 heavy (non-hydrogen) atoms. The van der Waals surface area contributed by atoms with Gasteiger partial charge in [0.15, 0.2) is 0 Å². The van der Waals surface area contributed by atoms with Crippen molar-refractivity contribution in [2.75, 3.05) is 0 Å². The van der Waals surface area contributed by atoms with E-state index >= 15 is 0 Å². The van der Waals surface area contributed by atoms with E-state index in [2.05, 4.69) is 4.98 Å². The highest BCUT2D eigenvalue weighted by atomic mass is 19.4. The molecule has 0 amide bonds. The van der Waals surface area contributed by atoms with E-state index in [4.69, 9.17) is 0 Å². The summed E-state index contributed by atoms with van der Waals surface area (Å²) < 4.78 is 42.1. The summed E-state index contributed by atoms with van der Waals surface area (Å²) in [6.45, 7) is 0.504. The third-order valence-electron chi connectivity index (χ3n) is 3.75. The van der Waals surface area contributed by atoms with Crippen molar-refractivity contribution in [1.82, 2.24) is 9.55 Å². The molecule has 3 nitrogen and oxygen atoms in total. The molecule has 3 rings (SSSR count). The van der Waals surface area contributed by atoms with E-state index in [1.165, 1.54) is 12.4 Å². The SMILES string of the molecule is N#Cc1c(C(F)(F)F)c(-c2cccnc2)n2c1CCCC2. The van der Waals surface area contributed by atoms with Crippen molar-refractivity contribution >= 4 is 0 Å². The average molecular weight is 291 g/mol. The molecular weight excluding hydrogens is 279 g/mol. The van der Waals surface area contributed by atoms with Gasteiger partial charge < -0.3 is 4.57 Å². The fraction of sp³-hybridized carbons (Fsp3) is 0.333. The lowest BCUT2D eigenvalue weighted by Gasteiger charge is -2.18. The molecule has 0 radical (unpaired) electrons. The van der Waals surface area contributed by atoms with Gasteiger partial charge in [-0.25, -0.2) is 0 Å². The van der Waals surface area contributed by atoms with E-state index in [1.54, 1.807) is 22.8 Å². The van der Waals surface area contributed by atoms with Crippen molar-refractivity contribution in [3.05, 3.63) is 41.3 Å². The molecule has 0 fully saturated rings. The Morgan fingerprint density at radius 3 is 2.71 bits per heavy atom. The number of rotatable bonds is 1. The monoisotopic (exact) mass is 291 g/mol. The zero-order valence-electron chi connectivity index (χ0n) is 11.1. The van der Waals surface area contributed by atoms with E-state index in [0.29, 0.717) is 24.2 Å². The molecule has 2 aromatic heterocycles. The molecule has 0 saturated heterocycles. The lowest BCUT2D eigenvalue weighted by atomic mass is 10.0. The van der Waals surface area contributed by atoms with E-state index in [1.807, 2.05) is 0 Å². The molecule has 6 heteroatoms. The van der Waals surface area contributed by atoms with Crippen molar-refractivity contribution in [2.45, 2.75) is 32.0 Å². The van der Waals surface area contributed by atoms with Gasteiger partial charge in [0.05, 0.1) is 16.8 Å². The second-order valence-corrected chi connectivity index (χ2v) is 5.01. The zero-order chi connectivity index (χ0) is 15.0. The predicted molar refractivity (Wildman–Crippen MR) is 70.3 cm³/mol. The predicted octanol–water partition coefficient (Wildman–Crippen LogP) is 3.78. The first-order valence-corrected chi connectivity index (χ1v) is 6.67. The molecule has 0 atom stereocenters. The largest absolute Gasteiger partial charge is 0.419 e.